The van der Waals surface area contributed by atoms with Crippen molar-refractivity contribution in [1.82, 2.24) is 4.98 Å². The molecule has 0 amide bonds. The summed E-state index contributed by atoms with van der Waals surface area (Å²) in [5.41, 5.74) is 0. The van der Waals surface area contributed by atoms with Crippen molar-refractivity contribution >= 4 is 25.8 Å². The predicted octanol–water partition coefficient (Wildman–Crippen LogP) is 1.41. The molecule has 4 nitrogen and oxygen atoms in total. The highest BCUT2D eigenvalue weighted by Gasteiger charge is 2.29. The number of nitrogens with zero attached hydrogens (tertiary/aromatic N) is 1. The Kier molecular flexibility index (Phi) is 2.97. The Morgan fingerprint density at radius 2 is 2.27 bits per heavy atom. The van der Waals surface area contributed by atoms with Crippen molar-refractivity contribution in [3.63, 3.8) is 0 Å². The Balaban J connectivity index is 2.05. The van der Waals surface area contributed by atoms with Crippen LogP contribution in [0.5, 0.6) is 5.75 Å². The molecule has 2 heterocycles. The number of hydrogen-bond acceptors (Lipinski definition) is 4. The number of pyridine rings is 1. The van der Waals surface area contributed by atoms with Gasteiger partial charge in [0, 0.05) is 10.7 Å². The molecule has 1 unspecified atom stereocenters. The summed E-state index contributed by atoms with van der Waals surface area (Å²) in [7, 11) is -2.88. The fraction of sp³-hybridized carbons (Fsp3) is 0.444. The van der Waals surface area contributed by atoms with Crippen LogP contribution in [-0.4, -0.2) is 31.0 Å². The Morgan fingerprint density at radius 3 is 2.87 bits per heavy atom. The van der Waals surface area contributed by atoms with E-state index in [9.17, 15) is 8.42 Å². The highest BCUT2D eigenvalue weighted by molar-refractivity contribution is 9.10. The summed E-state index contributed by atoms with van der Waals surface area (Å²) >= 11 is 3.27. The van der Waals surface area contributed by atoms with Crippen LogP contribution in [0.4, 0.5) is 0 Å². The third-order valence-corrected chi connectivity index (χ3v) is 4.34. The van der Waals surface area contributed by atoms with E-state index < -0.39 is 9.84 Å². The van der Waals surface area contributed by atoms with Gasteiger partial charge >= 0.3 is 0 Å². The summed E-state index contributed by atoms with van der Waals surface area (Å²) in [6, 6.07) is 1.78. The average molecular weight is 292 g/mol. The highest BCUT2D eigenvalue weighted by atomic mass is 79.9. The molecule has 1 aromatic heterocycles. The van der Waals surface area contributed by atoms with E-state index in [1.807, 2.05) is 0 Å². The van der Waals surface area contributed by atoms with Crippen LogP contribution in [0.2, 0.25) is 0 Å². The molecule has 0 spiro atoms. The molecule has 1 aliphatic rings. The number of hydrogen-bond donors (Lipinski definition) is 0. The zero-order chi connectivity index (χ0) is 10.9. The molecule has 0 aliphatic carbocycles. The summed E-state index contributed by atoms with van der Waals surface area (Å²) in [6.45, 7) is 0. The third kappa shape index (κ3) is 2.92. The molecular weight excluding hydrogens is 282 g/mol. The standard InChI is InChI=1S/C9H10BrNO3S/c10-7-3-9(5-11-4-7)14-8-1-2-15(12,13)6-8/h3-5,8H,1-2,6H2. The van der Waals surface area contributed by atoms with E-state index in [2.05, 4.69) is 20.9 Å². The Morgan fingerprint density at radius 1 is 1.47 bits per heavy atom. The summed E-state index contributed by atoms with van der Waals surface area (Å²) in [6.07, 6.45) is 3.56. The largest absolute Gasteiger partial charge is 0.488 e. The lowest BCUT2D eigenvalue weighted by molar-refractivity contribution is 0.228. The van der Waals surface area contributed by atoms with Crippen LogP contribution in [0.15, 0.2) is 22.9 Å². The molecule has 6 heteroatoms. The molecule has 1 fully saturated rings. The zero-order valence-electron chi connectivity index (χ0n) is 7.89. The third-order valence-electron chi connectivity index (χ3n) is 2.17. The van der Waals surface area contributed by atoms with Crippen LogP contribution < -0.4 is 4.74 Å². The van der Waals surface area contributed by atoms with E-state index >= 15 is 0 Å². The second-order valence-electron chi connectivity index (χ2n) is 3.48. The van der Waals surface area contributed by atoms with Crippen LogP contribution in [0.1, 0.15) is 6.42 Å². The highest BCUT2D eigenvalue weighted by Crippen LogP contribution is 2.21. The van der Waals surface area contributed by atoms with Gasteiger partial charge in [0.25, 0.3) is 0 Å². The predicted molar refractivity (Wildman–Crippen MR) is 59.6 cm³/mol. The van der Waals surface area contributed by atoms with Crippen molar-refractivity contribution in [1.29, 1.82) is 0 Å². The van der Waals surface area contributed by atoms with Gasteiger partial charge in [-0.3, -0.25) is 4.98 Å². The number of ether oxygens (including phenoxy) is 1. The molecule has 2 rings (SSSR count). The van der Waals surface area contributed by atoms with Crippen molar-refractivity contribution in [2.75, 3.05) is 11.5 Å². The van der Waals surface area contributed by atoms with Crippen molar-refractivity contribution < 1.29 is 13.2 Å². The maximum Gasteiger partial charge on any atom is 0.154 e. The zero-order valence-corrected chi connectivity index (χ0v) is 10.3. The molecule has 0 radical (unpaired) electrons. The van der Waals surface area contributed by atoms with Crippen LogP contribution in [0.25, 0.3) is 0 Å². The van der Waals surface area contributed by atoms with Crippen LogP contribution in [-0.2, 0) is 9.84 Å². The van der Waals surface area contributed by atoms with E-state index in [0.717, 1.165) is 4.47 Å². The summed E-state index contributed by atoms with van der Waals surface area (Å²) in [5.74, 6) is 0.935. The van der Waals surface area contributed by atoms with Crippen LogP contribution in [0, 0.1) is 0 Å². The van der Waals surface area contributed by atoms with E-state index in [1.165, 1.54) is 0 Å². The SMILES string of the molecule is O=S1(=O)CCC(Oc2cncc(Br)c2)C1. The number of halogens is 1. The van der Waals surface area contributed by atoms with Gasteiger partial charge < -0.3 is 4.74 Å². The minimum atomic E-state index is -2.88. The quantitative estimate of drug-likeness (QED) is 0.827. The van der Waals surface area contributed by atoms with E-state index in [4.69, 9.17) is 4.74 Å². The van der Waals surface area contributed by atoms with Gasteiger partial charge in [0.05, 0.1) is 17.7 Å². The molecular formula is C9H10BrNO3S. The number of rotatable bonds is 2. The van der Waals surface area contributed by atoms with Gasteiger partial charge in [-0.1, -0.05) is 0 Å². The molecule has 0 saturated carbocycles. The van der Waals surface area contributed by atoms with Gasteiger partial charge in [0.15, 0.2) is 9.84 Å². The molecule has 82 valence electrons. The second kappa shape index (κ2) is 4.09. The Hall–Kier alpha value is -0.620. The lowest BCUT2D eigenvalue weighted by atomic mass is 10.3. The summed E-state index contributed by atoms with van der Waals surface area (Å²) < 4.78 is 28.7. The number of aromatic nitrogens is 1. The fourth-order valence-electron chi connectivity index (χ4n) is 1.50. The first kappa shape index (κ1) is 10.9. The van der Waals surface area contributed by atoms with Crippen molar-refractivity contribution in [3.8, 4) is 5.75 Å². The second-order valence-corrected chi connectivity index (χ2v) is 6.63. The van der Waals surface area contributed by atoms with Gasteiger partial charge in [0.1, 0.15) is 11.9 Å². The average Bonchev–Trinajstić information content (AvgIpc) is 2.45. The minimum absolute atomic E-state index is 0.111. The first-order chi connectivity index (χ1) is 7.05. The minimum Gasteiger partial charge on any atom is -0.488 e. The fourth-order valence-corrected chi connectivity index (χ4v) is 3.44. The molecule has 1 saturated heterocycles. The molecule has 15 heavy (non-hydrogen) atoms. The molecule has 0 N–H and O–H groups in total. The molecule has 0 aromatic carbocycles. The first-order valence-electron chi connectivity index (χ1n) is 4.53. The lowest BCUT2D eigenvalue weighted by Gasteiger charge is -2.11. The van der Waals surface area contributed by atoms with Crippen LogP contribution in [0.3, 0.4) is 0 Å². The van der Waals surface area contributed by atoms with Crippen molar-refractivity contribution in [2.24, 2.45) is 0 Å². The first-order valence-corrected chi connectivity index (χ1v) is 7.14. The van der Waals surface area contributed by atoms with Gasteiger partial charge in [-0.05, 0) is 28.4 Å². The van der Waals surface area contributed by atoms with Gasteiger partial charge in [-0.2, -0.15) is 0 Å². The molecule has 1 atom stereocenters. The van der Waals surface area contributed by atoms with Crippen LogP contribution >= 0.6 is 15.9 Å². The lowest BCUT2D eigenvalue weighted by Crippen LogP contribution is -2.17. The van der Waals surface area contributed by atoms with Gasteiger partial charge in [0.2, 0.25) is 0 Å². The van der Waals surface area contributed by atoms with Crippen molar-refractivity contribution in [3.05, 3.63) is 22.9 Å². The number of sulfone groups is 1. The summed E-state index contributed by atoms with van der Waals surface area (Å²) in [4.78, 5) is 3.94. The monoisotopic (exact) mass is 291 g/mol. The summed E-state index contributed by atoms with van der Waals surface area (Å²) in [5, 5.41) is 0. The van der Waals surface area contributed by atoms with Gasteiger partial charge in [-0.25, -0.2) is 8.42 Å². The molecule has 1 aliphatic heterocycles. The van der Waals surface area contributed by atoms with E-state index in [1.54, 1.807) is 18.5 Å². The Bertz CT molecular complexity index is 460. The van der Waals surface area contributed by atoms with E-state index in [-0.39, 0.29) is 17.6 Å². The Labute approximate surface area is 96.7 Å². The van der Waals surface area contributed by atoms with E-state index in [0.29, 0.717) is 12.2 Å². The maximum absolute atomic E-state index is 11.2. The molecule has 1 aromatic rings. The topological polar surface area (TPSA) is 56.3 Å². The normalized spacial score (nSPS) is 23.9. The van der Waals surface area contributed by atoms with Crippen molar-refractivity contribution in [2.45, 2.75) is 12.5 Å². The molecule has 0 bridgehead atoms. The smallest absolute Gasteiger partial charge is 0.154 e. The maximum atomic E-state index is 11.2. The van der Waals surface area contributed by atoms with Gasteiger partial charge in [-0.15, -0.1) is 0 Å².